The maximum absolute atomic E-state index is 5.33. The molecule has 0 unspecified atom stereocenters. The van der Waals surface area contributed by atoms with E-state index in [-0.39, 0.29) is 0 Å². The molecule has 14 heavy (non-hydrogen) atoms. The molecule has 0 spiro atoms. The highest BCUT2D eigenvalue weighted by Crippen LogP contribution is 2.19. The lowest BCUT2D eigenvalue weighted by Gasteiger charge is -2.02. The second kappa shape index (κ2) is 3.91. The van der Waals surface area contributed by atoms with Crippen molar-refractivity contribution in [2.45, 2.75) is 6.92 Å². The summed E-state index contributed by atoms with van der Waals surface area (Å²) in [4.78, 5) is 0. The molecule has 2 rings (SSSR count). The Labute approximate surface area is 81.9 Å². The number of ether oxygens (including phenoxy) is 1. The van der Waals surface area contributed by atoms with Crippen LogP contribution >= 0.6 is 0 Å². The summed E-state index contributed by atoms with van der Waals surface area (Å²) >= 11 is 0. The molecule has 0 aliphatic carbocycles. The van der Waals surface area contributed by atoms with Crippen molar-refractivity contribution in [1.29, 1.82) is 0 Å². The lowest BCUT2D eigenvalue weighted by Crippen LogP contribution is -1.90. The molecule has 0 amide bonds. The highest BCUT2D eigenvalue weighted by Gasteiger charge is 1.99. The van der Waals surface area contributed by atoms with Crippen LogP contribution in [0.3, 0.4) is 0 Å². The highest BCUT2D eigenvalue weighted by molar-refractivity contribution is 5.58. The summed E-state index contributed by atoms with van der Waals surface area (Å²) in [5, 5.41) is 10.3. The predicted octanol–water partition coefficient (Wildman–Crippen LogP) is 1.87. The van der Waals surface area contributed by atoms with E-state index in [2.05, 4.69) is 15.4 Å². The van der Waals surface area contributed by atoms with Crippen molar-refractivity contribution in [3.8, 4) is 17.0 Å². The summed E-state index contributed by atoms with van der Waals surface area (Å²) in [6.07, 6.45) is 1.69. The van der Waals surface area contributed by atoms with Crippen LogP contribution in [-0.2, 0) is 0 Å². The van der Waals surface area contributed by atoms with E-state index in [1.165, 1.54) is 0 Å². The number of rotatable bonds is 3. The molecule has 2 aromatic rings. The number of nitrogens with one attached hydrogen (secondary N) is 1. The van der Waals surface area contributed by atoms with Gasteiger partial charge in [0.05, 0.1) is 12.8 Å². The number of benzene rings is 1. The lowest BCUT2D eigenvalue weighted by atomic mass is 10.2. The molecule has 1 N–H and O–H groups in total. The van der Waals surface area contributed by atoms with Crippen LogP contribution in [0.2, 0.25) is 0 Å². The zero-order valence-electron chi connectivity index (χ0n) is 7.90. The zero-order chi connectivity index (χ0) is 9.80. The molecule has 1 aromatic carbocycles. The normalized spacial score (nSPS) is 10.1. The number of aromatic nitrogens is 3. The smallest absolute Gasteiger partial charge is 0.119 e. The molecule has 1 aromatic heterocycles. The van der Waals surface area contributed by atoms with Crippen LogP contribution in [0.25, 0.3) is 11.3 Å². The minimum absolute atomic E-state index is 0.684. The van der Waals surface area contributed by atoms with Crippen LogP contribution in [0.1, 0.15) is 6.92 Å². The summed E-state index contributed by atoms with van der Waals surface area (Å²) in [7, 11) is 0. The van der Waals surface area contributed by atoms with E-state index in [0.717, 1.165) is 17.0 Å². The monoisotopic (exact) mass is 189 g/mol. The second-order valence-corrected chi connectivity index (χ2v) is 2.81. The fourth-order valence-electron chi connectivity index (χ4n) is 1.23. The van der Waals surface area contributed by atoms with E-state index in [0.29, 0.717) is 6.61 Å². The summed E-state index contributed by atoms with van der Waals surface area (Å²) in [6, 6.07) is 7.77. The molecule has 1 heterocycles. The maximum Gasteiger partial charge on any atom is 0.119 e. The van der Waals surface area contributed by atoms with Gasteiger partial charge in [-0.3, -0.25) is 0 Å². The Morgan fingerprint density at radius 3 is 2.64 bits per heavy atom. The Hall–Kier alpha value is -1.84. The number of nitrogens with zero attached hydrogens (tertiary/aromatic N) is 2. The van der Waals surface area contributed by atoms with E-state index in [9.17, 15) is 0 Å². The van der Waals surface area contributed by atoms with Gasteiger partial charge in [-0.1, -0.05) is 0 Å². The van der Waals surface area contributed by atoms with Gasteiger partial charge in [-0.2, -0.15) is 15.4 Å². The molecule has 0 atom stereocenters. The number of hydrogen-bond donors (Lipinski definition) is 1. The van der Waals surface area contributed by atoms with Gasteiger partial charge < -0.3 is 4.74 Å². The molecule has 4 heteroatoms. The fourth-order valence-corrected chi connectivity index (χ4v) is 1.23. The Morgan fingerprint density at radius 1 is 1.29 bits per heavy atom. The largest absolute Gasteiger partial charge is 0.494 e. The summed E-state index contributed by atoms with van der Waals surface area (Å²) in [5.41, 5.74) is 1.87. The van der Waals surface area contributed by atoms with Gasteiger partial charge in [0.15, 0.2) is 0 Å². The van der Waals surface area contributed by atoms with Crippen molar-refractivity contribution in [3.63, 3.8) is 0 Å². The molecular weight excluding hydrogens is 178 g/mol. The van der Waals surface area contributed by atoms with Gasteiger partial charge >= 0.3 is 0 Å². The topological polar surface area (TPSA) is 50.8 Å². The van der Waals surface area contributed by atoms with Gasteiger partial charge in [-0.25, -0.2) is 0 Å². The van der Waals surface area contributed by atoms with Crippen molar-refractivity contribution in [2.24, 2.45) is 0 Å². The third kappa shape index (κ3) is 1.74. The quantitative estimate of drug-likeness (QED) is 0.801. The van der Waals surface area contributed by atoms with Crippen LogP contribution in [0.15, 0.2) is 30.5 Å². The third-order valence-corrected chi connectivity index (χ3v) is 1.88. The van der Waals surface area contributed by atoms with Gasteiger partial charge in [0.1, 0.15) is 11.4 Å². The molecule has 0 saturated carbocycles. The molecule has 0 radical (unpaired) electrons. The van der Waals surface area contributed by atoms with E-state index in [1.807, 2.05) is 31.2 Å². The van der Waals surface area contributed by atoms with Crippen molar-refractivity contribution < 1.29 is 4.74 Å². The lowest BCUT2D eigenvalue weighted by molar-refractivity contribution is 0.340. The molecule has 0 fully saturated rings. The first-order valence-corrected chi connectivity index (χ1v) is 4.49. The highest BCUT2D eigenvalue weighted by atomic mass is 16.5. The molecule has 0 saturated heterocycles. The van der Waals surface area contributed by atoms with Crippen LogP contribution in [0.5, 0.6) is 5.75 Å². The minimum Gasteiger partial charge on any atom is -0.494 e. The van der Waals surface area contributed by atoms with Gasteiger partial charge in [0, 0.05) is 5.56 Å². The maximum atomic E-state index is 5.33. The average molecular weight is 189 g/mol. The van der Waals surface area contributed by atoms with Crippen molar-refractivity contribution in [2.75, 3.05) is 6.61 Å². The van der Waals surface area contributed by atoms with Crippen LogP contribution in [0.4, 0.5) is 0 Å². The number of aromatic amines is 1. The van der Waals surface area contributed by atoms with Crippen LogP contribution in [-0.4, -0.2) is 22.0 Å². The van der Waals surface area contributed by atoms with Crippen LogP contribution in [0, 0.1) is 0 Å². The van der Waals surface area contributed by atoms with E-state index in [1.54, 1.807) is 6.20 Å². The Kier molecular flexibility index (Phi) is 2.44. The predicted molar refractivity (Wildman–Crippen MR) is 53.0 cm³/mol. The fraction of sp³-hybridized carbons (Fsp3) is 0.200. The first kappa shape index (κ1) is 8.74. The van der Waals surface area contributed by atoms with Crippen molar-refractivity contribution >= 4 is 0 Å². The molecule has 72 valence electrons. The van der Waals surface area contributed by atoms with Crippen LogP contribution < -0.4 is 4.74 Å². The minimum atomic E-state index is 0.684. The van der Waals surface area contributed by atoms with Gasteiger partial charge in [-0.15, -0.1) is 0 Å². The third-order valence-electron chi connectivity index (χ3n) is 1.88. The molecule has 0 bridgehead atoms. The first-order valence-electron chi connectivity index (χ1n) is 4.49. The molecule has 0 aliphatic heterocycles. The first-order chi connectivity index (χ1) is 6.90. The number of H-pyrrole nitrogens is 1. The summed E-state index contributed by atoms with van der Waals surface area (Å²) in [5.74, 6) is 0.875. The molecule has 0 aliphatic rings. The SMILES string of the molecule is CCOc1ccc(-c2cn[nH]n2)cc1. The average Bonchev–Trinajstić information content (AvgIpc) is 2.72. The Balaban J connectivity index is 2.22. The molecular formula is C10H11N3O. The zero-order valence-corrected chi connectivity index (χ0v) is 7.90. The Bertz CT molecular complexity index is 380. The van der Waals surface area contributed by atoms with Gasteiger partial charge in [-0.05, 0) is 31.2 Å². The van der Waals surface area contributed by atoms with Gasteiger partial charge in [0.2, 0.25) is 0 Å². The Morgan fingerprint density at radius 2 is 2.07 bits per heavy atom. The number of hydrogen-bond acceptors (Lipinski definition) is 3. The van der Waals surface area contributed by atoms with Crippen molar-refractivity contribution in [3.05, 3.63) is 30.5 Å². The van der Waals surface area contributed by atoms with Crippen molar-refractivity contribution in [1.82, 2.24) is 15.4 Å². The van der Waals surface area contributed by atoms with E-state index in [4.69, 9.17) is 4.74 Å². The summed E-state index contributed by atoms with van der Waals surface area (Å²) in [6.45, 7) is 2.65. The second-order valence-electron chi connectivity index (χ2n) is 2.81. The standard InChI is InChI=1S/C10H11N3O/c1-2-14-9-5-3-8(4-6-9)10-7-11-13-12-10/h3-7H,2H2,1H3,(H,11,12,13). The van der Waals surface area contributed by atoms with Gasteiger partial charge in [0.25, 0.3) is 0 Å². The van der Waals surface area contributed by atoms with E-state index < -0.39 is 0 Å². The molecule has 4 nitrogen and oxygen atoms in total. The summed E-state index contributed by atoms with van der Waals surface area (Å²) < 4.78 is 5.33. The van der Waals surface area contributed by atoms with E-state index >= 15 is 0 Å².